The molecular weight excluding hydrogens is 454 g/mol. The van der Waals surface area contributed by atoms with Gasteiger partial charge < -0.3 is 5.32 Å². The van der Waals surface area contributed by atoms with E-state index in [0.717, 1.165) is 63.4 Å². The SMILES string of the molecule is Cc1ccc(-n2c(SCC(=O)Nc3c(C)nn(C)c3C)nc3sc4c(c3c2=O)CCC4)cc1. The van der Waals surface area contributed by atoms with Crippen LogP contribution in [-0.4, -0.2) is 31.0 Å². The number of aryl methyl sites for hydroxylation is 5. The maximum atomic E-state index is 13.7. The summed E-state index contributed by atoms with van der Waals surface area (Å²) < 4.78 is 3.41. The number of nitrogens with zero attached hydrogens (tertiary/aromatic N) is 4. The fraction of sp³-hybridized carbons (Fsp3) is 0.333. The van der Waals surface area contributed by atoms with Crippen LogP contribution in [0.2, 0.25) is 0 Å². The lowest BCUT2D eigenvalue weighted by molar-refractivity contribution is -0.113. The van der Waals surface area contributed by atoms with Gasteiger partial charge in [-0.3, -0.25) is 18.8 Å². The molecule has 1 aliphatic carbocycles. The first-order chi connectivity index (χ1) is 15.8. The summed E-state index contributed by atoms with van der Waals surface area (Å²) in [7, 11) is 1.85. The summed E-state index contributed by atoms with van der Waals surface area (Å²) >= 11 is 2.90. The Kier molecular flexibility index (Phi) is 5.62. The molecule has 170 valence electrons. The van der Waals surface area contributed by atoms with Gasteiger partial charge in [-0.15, -0.1) is 11.3 Å². The smallest absolute Gasteiger partial charge is 0.267 e. The predicted octanol–water partition coefficient (Wildman–Crippen LogP) is 4.33. The highest BCUT2D eigenvalue weighted by Gasteiger charge is 2.24. The zero-order valence-corrected chi connectivity index (χ0v) is 20.7. The third kappa shape index (κ3) is 3.89. The van der Waals surface area contributed by atoms with E-state index in [4.69, 9.17) is 4.98 Å². The van der Waals surface area contributed by atoms with Crippen LogP contribution in [0.25, 0.3) is 15.9 Å². The summed E-state index contributed by atoms with van der Waals surface area (Å²) in [5, 5.41) is 8.59. The Morgan fingerprint density at radius 2 is 1.94 bits per heavy atom. The second-order valence-corrected chi connectivity index (χ2v) is 10.4. The minimum atomic E-state index is -0.155. The van der Waals surface area contributed by atoms with Gasteiger partial charge in [-0.1, -0.05) is 29.5 Å². The van der Waals surface area contributed by atoms with Crippen molar-refractivity contribution >= 4 is 44.9 Å². The van der Waals surface area contributed by atoms with Crippen LogP contribution in [0.1, 0.15) is 33.8 Å². The molecule has 1 N–H and O–H groups in total. The van der Waals surface area contributed by atoms with Crippen LogP contribution in [0.15, 0.2) is 34.2 Å². The molecule has 1 aromatic carbocycles. The van der Waals surface area contributed by atoms with Crippen molar-refractivity contribution in [2.24, 2.45) is 7.05 Å². The van der Waals surface area contributed by atoms with Crippen molar-refractivity contribution < 1.29 is 4.79 Å². The van der Waals surface area contributed by atoms with Gasteiger partial charge in [-0.2, -0.15) is 5.10 Å². The average molecular weight is 480 g/mol. The number of hydrogen-bond donors (Lipinski definition) is 1. The molecule has 0 spiro atoms. The molecule has 33 heavy (non-hydrogen) atoms. The molecule has 0 bridgehead atoms. The molecule has 9 heteroatoms. The Balaban J connectivity index is 1.51. The van der Waals surface area contributed by atoms with E-state index in [1.807, 2.05) is 52.1 Å². The van der Waals surface area contributed by atoms with Gasteiger partial charge in [0.25, 0.3) is 5.56 Å². The molecule has 0 aliphatic heterocycles. The van der Waals surface area contributed by atoms with Gasteiger partial charge in [0.15, 0.2) is 5.16 Å². The number of benzene rings is 1. The number of thioether (sulfide) groups is 1. The molecule has 0 fully saturated rings. The molecular formula is C24H25N5O2S2. The molecule has 1 amide bonds. The van der Waals surface area contributed by atoms with Crippen LogP contribution in [0.4, 0.5) is 5.69 Å². The van der Waals surface area contributed by atoms with Gasteiger partial charge >= 0.3 is 0 Å². The van der Waals surface area contributed by atoms with Crippen LogP contribution in [-0.2, 0) is 24.7 Å². The Hall–Kier alpha value is -2.91. The number of nitrogens with one attached hydrogen (secondary N) is 1. The molecule has 4 aromatic rings. The minimum absolute atomic E-state index is 0.0508. The first kappa shape index (κ1) is 21.9. The van der Waals surface area contributed by atoms with Crippen molar-refractivity contribution in [3.63, 3.8) is 0 Å². The molecule has 0 saturated carbocycles. The largest absolute Gasteiger partial charge is 0.322 e. The molecule has 3 heterocycles. The van der Waals surface area contributed by atoms with Crippen LogP contribution in [0, 0.1) is 20.8 Å². The highest BCUT2D eigenvalue weighted by Crippen LogP contribution is 2.36. The van der Waals surface area contributed by atoms with Gasteiger partial charge in [-0.25, -0.2) is 4.98 Å². The van der Waals surface area contributed by atoms with Crippen LogP contribution < -0.4 is 10.9 Å². The van der Waals surface area contributed by atoms with Crippen molar-refractivity contribution in [2.75, 3.05) is 11.1 Å². The van der Waals surface area contributed by atoms with E-state index in [1.165, 1.54) is 16.6 Å². The van der Waals surface area contributed by atoms with E-state index in [9.17, 15) is 9.59 Å². The van der Waals surface area contributed by atoms with Crippen molar-refractivity contribution in [3.05, 3.63) is 62.0 Å². The summed E-state index contributed by atoms with van der Waals surface area (Å²) in [6.07, 6.45) is 3.03. The number of thiophene rings is 1. The van der Waals surface area contributed by atoms with Crippen molar-refractivity contribution in [1.82, 2.24) is 19.3 Å². The predicted molar refractivity (Wildman–Crippen MR) is 134 cm³/mol. The molecule has 0 unspecified atom stereocenters. The maximum absolute atomic E-state index is 13.7. The van der Waals surface area contributed by atoms with Crippen molar-refractivity contribution in [1.29, 1.82) is 0 Å². The van der Waals surface area contributed by atoms with Crippen LogP contribution in [0.5, 0.6) is 0 Å². The molecule has 0 atom stereocenters. The lowest BCUT2D eigenvalue weighted by Gasteiger charge is -2.13. The molecule has 0 radical (unpaired) electrons. The van der Waals surface area contributed by atoms with Crippen molar-refractivity contribution in [3.8, 4) is 5.69 Å². The topological polar surface area (TPSA) is 81.8 Å². The third-order valence-electron chi connectivity index (χ3n) is 6.11. The van der Waals surface area contributed by atoms with Gasteiger partial charge in [0.2, 0.25) is 5.91 Å². The summed E-state index contributed by atoms with van der Waals surface area (Å²) in [6, 6.07) is 7.84. The normalized spacial score (nSPS) is 13.0. The lowest BCUT2D eigenvalue weighted by Crippen LogP contribution is -2.23. The summed E-state index contributed by atoms with van der Waals surface area (Å²) in [5.41, 5.74) is 5.40. The van der Waals surface area contributed by atoms with Crippen molar-refractivity contribution in [2.45, 2.75) is 45.2 Å². The monoisotopic (exact) mass is 479 g/mol. The number of aromatic nitrogens is 4. The molecule has 7 nitrogen and oxygen atoms in total. The van der Waals surface area contributed by atoms with Gasteiger partial charge in [0.1, 0.15) is 4.83 Å². The molecule has 5 rings (SSSR count). The second kappa shape index (κ2) is 8.46. The summed E-state index contributed by atoms with van der Waals surface area (Å²) in [4.78, 5) is 33.4. The Morgan fingerprint density at radius 3 is 2.64 bits per heavy atom. The Morgan fingerprint density at radius 1 is 1.18 bits per heavy atom. The fourth-order valence-corrected chi connectivity index (χ4v) is 6.42. The van der Waals surface area contributed by atoms with E-state index < -0.39 is 0 Å². The first-order valence-corrected chi connectivity index (χ1v) is 12.7. The molecule has 3 aromatic heterocycles. The highest BCUT2D eigenvalue weighted by atomic mass is 32.2. The van der Waals surface area contributed by atoms with Crippen LogP contribution in [0.3, 0.4) is 0 Å². The molecule has 0 saturated heterocycles. The number of hydrogen-bond acceptors (Lipinski definition) is 6. The standard InChI is InChI=1S/C24H25N5O2S2/c1-13-8-10-16(11-9-13)29-23(31)20-17-6-5-7-18(17)33-22(20)26-24(29)32-12-19(30)25-21-14(2)27-28(4)15(21)3/h8-11H,5-7,12H2,1-4H3,(H,25,30). The highest BCUT2D eigenvalue weighted by molar-refractivity contribution is 7.99. The Bertz CT molecular complexity index is 1450. The quantitative estimate of drug-likeness (QED) is 0.340. The third-order valence-corrected chi connectivity index (χ3v) is 8.23. The zero-order chi connectivity index (χ0) is 23.3. The average Bonchev–Trinajstić information content (AvgIpc) is 3.43. The number of carbonyl (C=O) groups excluding carboxylic acids is 1. The fourth-order valence-electron chi connectivity index (χ4n) is 4.30. The number of amides is 1. The number of rotatable bonds is 5. The number of fused-ring (bicyclic) bond motifs is 3. The maximum Gasteiger partial charge on any atom is 0.267 e. The van der Waals surface area contributed by atoms with E-state index in [0.29, 0.717) is 5.16 Å². The van der Waals surface area contributed by atoms with Crippen LogP contribution >= 0.6 is 23.1 Å². The summed E-state index contributed by atoms with van der Waals surface area (Å²) in [5.74, 6) is -0.0134. The van der Waals surface area contributed by atoms with E-state index in [-0.39, 0.29) is 17.2 Å². The molecule has 1 aliphatic rings. The van der Waals surface area contributed by atoms with E-state index in [2.05, 4.69) is 10.4 Å². The van der Waals surface area contributed by atoms with E-state index in [1.54, 1.807) is 20.6 Å². The zero-order valence-electron chi connectivity index (χ0n) is 19.1. The Labute approximate surface area is 199 Å². The van der Waals surface area contributed by atoms with Gasteiger partial charge in [0.05, 0.1) is 33.9 Å². The summed E-state index contributed by atoms with van der Waals surface area (Å²) in [6.45, 7) is 5.81. The number of anilines is 1. The van der Waals surface area contributed by atoms with Gasteiger partial charge in [0, 0.05) is 11.9 Å². The van der Waals surface area contributed by atoms with E-state index >= 15 is 0 Å². The number of carbonyl (C=O) groups is 1. The first-order valence-electron chi connectivity index (χ1n) is 10.9. The van der Waals surface area contributed by atoms with Gasteiger partial charge in [-0.05, 0) is 57.7 Å². The second-order valence-electron chi connectivity index (χ2n) is 8.41. The lowest BCUT2D eigenvalue weighted by atomic mass is 10.2. The minimum Gasteiger partial charge on any atom is -0.322 e.